The molecule has 1 rings (SSSR count). The zero-order chi connectivity index (χ0) is 13.3. The summed E-state index contributed by atoms with van der Waals surface area (Å²) >= 11 is 6.08. The molecular formula is C12H23ClN2Si2. The standard InChI is InChI=1S/C12H23ClN2Si2/c1-16(2,3)14-11-8-7-10(13)9-12(11)15-17(4,5)6/h7-9,14-15H,1-6H3. The van der Waals surface area contributed by atoms with Gasteiger partial charge in [0.05, 0.1) is 5.69 Å². The molecule has 0 bridgehead atoms. The molecule has 0 aliphatic rings. The summed E-state index contributed by atoms with van der Waals surface area (Å²) in [5, 5.41) is 0.784. The molecule has 5 heteroatoms. The SMILES string of the molecule is C[Si](C)(C)Nc1ccc(Cl)cc1N[Si](C)(C)C. The van der Waals surface area contributed by atoms with Gasteiger partial charge in [-0.1, -0.05) is 50.9 Å². The van der Waals surface area contributed by atoms with E-state index in [9.17, 15) is 0 Å². The maximum Gasteiger partial charge on any atom is 0.144 e. The summed E-state index contributed by atoms with van der Waals surface area (Å²) in [7, 11) is -2.70. The van der Waals surface area contributed by atoms with E-state index < -0.39 is 16.5 Å². The van der Waals surface area contributed by atoms with E-state index in [1.54, 1.807) is 0 Å². The average molecular weight is 287 g/mol. The summed E-state index contributed by atoms with van der Waals surface area (Å²) in [6.45, 7) is 13.7. The number of rotatable bonds is 4. The Labute approximate surface area is 112 Å². The lowest BCUT2D eigenvalue weighted by atomic mass is 10.3. The van der Waals surface area contributed by atoms with E-state index in [1.165, 1.54) is 5.69 Å². The van der Waals surface area contributed by atoms with Gasteiger partial charge in [-0.05, 0) is 18.2 Å². The second-order valence-corrected chi connectivity index (χ2v) is 16.4. The van der Waals surface area contributed by atoms with E-state index in [4.69, 9.17) is 11.6 Å². The summed E-state index contributed by atoms with van der Waals surface area (Å²) < 4.78 is 0. The second-order valence-electron chi connectivity index (χ2n) is 6.44. The number of nitrogens with one attached hydrogen (secondary N) is 2. The van der Waals surface area contributed by atoms with Crippen LogP contribution in [-0.4, -0.2) is 16.5 Å². The van der Waals surface area contributed by atoms with Crippen LogP contribution in [0.15, 0.2) is 18.2 Å². The minimum atomic E-state index is -1.36. The van der Waals surface area contributed by atoms with Crippen LogP contribution in [0.3, 0.4) is 0 Å². The van der Waals surface area contributed by atoms with Crippen LogP contribution in [0.1, 0.15) is 0 Å². The molecule has 0 saturated carbocycles. The van der Waals surface area contributed by atoms with Crippen molar-refractivity contribution in [3.63, 3.8) is 0 Å². The van der Waals surface area contributed by atoms with Gasteiger partial charge in [0, 0.05) is 10.7 Å². The Kier molecular flexibility index (Phi) is 4.33. The smallest absolute Gasteiger partial charge is 0.144 e. The van der Waals surface area contributed by atoms with E-state index in [0.29, 0.717) is 0 Å². The molecule has 0 spiro atoms. The predicted octanol–water partition coefficient (Wildman–Crippen LogP) is 4.83. The summed E-state index contributed by atoms with van der Waals surface area (Å²) in [5.74, 6) is 0. The molecule has 0 heterocycles. The van der Waals surface area contributed by atoms with Crippen molar-refractivity contribution in [2.24, 2.45) is 0 Å². The van der Waals surface area contributed by atoms with E-state index in [-0.39, 0.29) is 0 Å². The van der Waals surface area contributed by atoms with Crippen molar-refractivity contribution < 1.29 is 0 Å². The van der Waals surface area contributed by atoms with Crippen LogP contribution in [0, 0.1) is 0 Å². The molecule has 0 aliphatic carbocycles. The van der Waals surface area contributed by atoms with Gasteiger partial charge in [-0.15, -0.1) is 0 Å². The van der Waals surface area contributed by atoms with Crippen LogP contribution in [0.5, 0.6) is 0 Å². The first-order valence-corrected chi connectivity index (χ1v) is 13.3. The number of hydrogen-bond donors (Lipinski definition) is 2. The number of hydrogen-bond acceptors (Lipinski definition) is 2. The Morgan fingerprint density at radius 3 is 1.76 bits per heavy atom. The highest BCUT2D eigenvalue weighted by Crippen LogP contribution is 2.29. The van der Waals surface area contributed by atoms with Crippen molar-refractivity contribution in [1.82, 2.24) is 0 Å². The third-order valence-corrected chi connectivity index (χ3v) is 4.27. The highest BCUT2D eigenvalue weighted by atomic mass is 35.5. The minimum Gasteiger partial charge on any atom is -0.409 e. The molecule has 0 radical (unpaired) electrons. The molecule has 0 amide bonds. The first-order chi connectivity index (χ1) is 7.57. The van der Waals surface area contributed by atoms with E-state index >= 15 is 0 Å². The fraction of sp³-hybridized carbons (Fsp3) is 0.500. The second kappa shape index (κ2) is 5.04. The van der Waals surface area contributed by atoms with Gasteiger partial charge in [0.1, 0.15) is 16.5 Å². The molecule has 0 aliphatic heterocycles. The summed E-state index contributed by atoms with van der Waals surface area (Å²) in [6, 6.07) is 6.03. The van der Waals surface area contributed by atoms with Crippen molar-refractivity contribution in [1.29, 1.82) is 0 Å². The summed E-state index contributed by atoms with van der Waals surface area (Å²) in [6.07, 6.45) is 0. The predicted molar refractivity (Wildman–Crippen MR) is 85.4 cm³/mol. The van der Waals surface area contributed by atoms with Crippen molar-refractivity contribution in [3.8, 4) is 0 Å². The molecular weight excluding hydrogens is 264 g/mol. The van der Waals surface area contributed by atoms with Gasteiger partial charge >= 0.3 is 0 Å². The molecule has 0 atom stereocenters. The van der Waals surface area contributed by atoms with Crippen LogP contribution in [0.25, 0.3) is 0 Å². The Morgan fingerprint density at radius 1 is 0.824 bits per heavy atom. The Balaban J connectivity index is 3.04. The first kappa shape index (κ1) is 14.6. The molecule has 0 fully saturated rings. The van der Waals surface area contributed by atoms with Crippen molar-refractivity contribution in [2.45, 2.75) is 39.3 Å². The van der Waals surface area contributed by atoms with Gasteiger partial charge in [-0.25, -0.2) is 0 Å². The maximum absolute atomic E-state index is 6.08. The summed E-state index contributed by atoms with van der Waals surface area (Å²) in [5.41, 5.74) is 2.31. The highest BCUT2D eigenvalue weighted by Gasteiger charge is 2.19. The Morgan fingerprint density at radius 2 is 1.29 bits per heavy atom. The van der Waals surface area contributed by atoms with Crippen LogP contribution in [0.2, 0.25) is 44.3 Å². The van der Waals surface area contributed by atoms with Gasteiger partial charge in [-0.3, -0.25) is 0 Å². The zero-order valence-electron chi connectivity index (χ0n) is 11.6. The molecule has 2 nitrogen and oxygen atoms in total. The largest absolute Gasteiger partial charge is 0.409 e. The first-order valence-electron chi connectivity index (χ1n) is 5.93. The van der Waals surface area contributed by atoms with Crippen molar-refractivity contribution in [2.75, 3.05) is 9.96 Å². The van der Waals surface area contributed by atoms with Gasteiger partial charge < -0.3 is 9.96 Å². The van der Waals surface area contributed by atoms with Gasteiger partial charge in [0.2, 0.25) is 0 Å². The molecule has 0 unspecified atom stereocenters. The molecule has 96 valence electrons. The van der Waals surface area contributed by atoms with E-state index in [2.05, 4.69) is 55.3 Å². The van der Waals surface area contributed by atoms with E-state index in [1.807, 2.05) is 12.1 Å². The maximum atomic E-state index is 6.08. The van der Waals surface area contributed by atoms with Crippen LogP contribution < -0.4 is 9.96 Å². The molecule has 0 saturated heterocycles. The fourth-order valence-corrected chi connectivity index (χ4v) is 3.75. The van der Waals surface area contributed by atoms with E-state index in [0.717, 1.165) is 10.7 Å². The number of benzene rings is 1. The van der Waals surface area contributed by atoms with Gasteiger partial charge in [0.15, 0.2) is 0 Å². The summed E-state index contributed by atoms with van der Waals surface area (Å²) in [4.78, 5) is 7.27. The average Bonchev–Trinajstić information content (AvgIpc) is 2.05. The Hall–Kier alpha value is -0.456. The third-order valence-electron chi connectivity index (χ3n) is 2.00. The van der Waals surface area contributed by atoms with Crippen LogP contribution >= 0.6 is 11.6 Å². The lowest BCUT2D eigenvalue weighted by molar-refractivity contribution is 1.53. The molecule has 2 N–H and O–H groups in total. The lowest BCUT2D eigenvalue weighted by Crippen LogP contribution is -2.35. The monoisotopic (exact) mass is 286 g/mol. The Bertz CT molecular complexity index is 394. The van der Waals surface area contributed by atoms with Gasteiger partial charge in [-0.2, -0.15) is 0 Å². The third kappa shape index (κ3) is 5.61. The lowest BCUT2D eigenvalue weighted by Gasteiger charge is -2.26. The van der Waals surface area contributed by atoms with Crippen molar-refractivity contribution in [3.05, 3.63) is 23.2 Å². The van der Waals surface area contributed by atoms with Gasteiger partial charge in [0.25, 0.3) is 0 Å². The quantitative estimate of drug-likeness (QED) is 0.775. The molecule has 1 aromatic carbocycles. The molecule has 0 aromatic heterocycles. The number of anilines is 2. The van der Waals surface area contributed by atoms with Crippen LogP contribution in [0.4, 0.5) is 11.4 Å². The zero-order valence-corrected chi connectivity index (χ0v) is 14.4. The molecule has 17 heavy (non-hydrogen) atoms. The minimum absolute atomic E-state index is 0.784. The number of halogens is 1. The molecule has 1 aromatic rings. The fourth-order valence-electron chi connectivity index (χ4n) is 1.54. The highest BCUT2D eigenvalue weighted by molar-refractivity contribution is 6.80. The topological polar surface area (TPSA) is 24.1 Å². The normalized spacial score (nSPS) is 12.4. The van der Waals surface area contributed by atoms with Crippen LogP contribution in [-0.2, 0) is 0 Å². The van der Waals surface area contributed by atoms with Crippen molar-refractivity contribution >= 4 is 39.4 Å².